The average molecular weight is 528 g/mol. The smallest absolute Gasteiger partial charge is 0.252 e. The molecule has 29 heavy (non-hydrogen) atoms. The third-order valence-corrected chi connectivity index (χ3v) is 6.88. The van der Waals surface area contributed by atoms with Crippen LogP contribution in [-0.4, -0.2) is 33.1 Å². The summed E-state index contributed by atoms with van der Waals surface area (Å²) in [4.78, 5) is 23.2. The molecule has 2 aromatic carbocycles. The zero-order chi connectivity index (χ0) is 21.3. The number of hydrogen-bond donors (Lipinski definition) is 1. The van der Waals surface area contributed by atoms with E-state index < -0.39 is 45.8 Å². The van der Waals surface area contributed by atoms with Gasteiger partial charge in [0.15, 0.2) is 0 Å². The van der Waals surface area contributed by atoms with Crippen molar-refractivity contribution >= 4 is 31.9 Å². The molecular weight excluding hydrogens is 508 g/mol. The van der Waals surface area contributed by atoms with Crippen LogP contribution >= 0.6 is 31.9 Å². The third kappa shape index (κ3) is 4.22. The van der Waals surface area contributed by atoms with Crippen LogP contribution in [0.4, 0.5) is 0 Å². The maximum atomic E-state index is 12.3. The summed E-state index contributed by atoms with van der Waals surface area (Å²) < 4.78 is 1.60. The molecule has 154 valence electrons. The lowest BCUT2D eigenvalue weighted by Crippen LogP contribution is -2.58. The molecule has 0 saturated heterocycles. The molecule has 0 bridgehead atoms. The van der Waals surface area contributed by atoms with Crippen LogP contribution in [0.15, 0.2) is 57.5 Å². The molecule has 0 aliphatic heterocycles. The SMILES string of the molecule is CC[C@H]1[C@@H](O)[C@@H]([N+](=O)[O-])[C@H](c2ccc(Br)cc2)[C@H]([N+](=O)[O-])[C@@H]1c1ccc(Br)cc1. The summed E-state index contributed by atoms with van der Waals surface area (Å²) in [6.45, 7) is 1.80. The predicted molar refractivity (Wildman–Crippen MR) is 115 cm³/mol. The zero-order valence-corrected chi connectivity index (χ0v) is 18.7. The fourth-order valence-electron chi connectivity index (χ4n) is 4.58. The van der Waals surface area contributed by atoms with E-state index in [4.69, 9.17) is 0 Å². The maximum absolute atomic E-state index is 12.3. The summed E-state index contributed by atoms with van der Waals surface area (Å²) in [5.74, 6) is -2.31. The van der Waals surface area contributed by atoms with E-state index in [0.717, 1.165) is 8.95 Å². The molecule has 7 nitrogen and oxygen atoms in total. The molecule has 1 aliphatic rings. The molecule has 0 heterocycles. The summed E-state index contributed by atoms with van der Waals surface area (Å²) in [6, 6.07) is 11.2. The molecule has 1 N–H and O–H groups in total. The van der Waals surface area contributed by atoms with E-state index in [2.05, 4.69) is 31.9 Å². The second-order valence-corrected chi connectivity index (χ2v) is 9.10. The topological polar surface area (TPSA) is 107 Å². The highest BCUT2D eigenvalue weighted by Gasteiger charge is 2.61. The van der Waals surface area contributed by atoms with Crippen molar-refractivity contribution < 1.29 is 15.0 Å². The standard InChI is InChI=1S/C20H20Br2N2O5/c1-2-15-16(11-3-7-13(21)8-4-11)18(23(26)27)17(19(20(15)25)24(28)29)12-5-9-14(22)10-6-12/h3-10,15-20,25H,2H2,1H3/t15-,16-,17-,18-,19+,20-/m1/s1. The summed E-state index contributed by atoms with van der Waals surface area (Å²) in [6.07, 6.45) is -0.905. The number of rotatable bonds is 5. The second-order valence-electron chi connectivity index (χ2n) is 7.27. The minimum Gasteiger partial charge on any atom is -0.386 e. The maximum Gasteiger partial charge on any atom is 0.252 e. The van der Waals surface area contributed by atoms with E-state index in [1.54, 1.807) is 55.5 Å². The normalized spacial score (nSPS) is 29.4. The van der Waals surface area contributed by atoms with E-state index in [1.807, 2.05) is 0 Å². The first kappa shape index (κ1) is 21.9. The molecular formula is C20H20Br2N2O5. The fraction of sp³-hybridized carbons (Fsp3) is 0.400. The molecule has 0 amide bonds. The van der Waals surface area contributed by atoms with Crippen LogP contribution in [0.1, 0.15) is 36.3 Å². The van der Waals surface area contributed by atoms with Crippen LogP contribution in [-0.2, 0) is 0 Å². The monoisotopic (exact) mass is 526 g/mol. The minimum atomic E-state index is -1.46. The fourth-order valence-corrected chi connectivity index (χ4v) is 5.11. The van der Waals surface area contributed by atoms with Gasteiger partial charge in [-0.2, -0.15) is 0 Å². The highest BCUT2D eigenvalue weighted by molar-refractivity contribution is 9.10. The van der Waals surface area contributed by atoms with Crippen LogP contribution in [0.25, 0.3) is 0 Å². The molecule has 0 aromatic heterocycles. The summed E-state index contributed by atoms with van der Waals surface area (Å²) >= 11 is 6.69. The summed E-state index contributed by atoms with van der Waals surface area (Å²) in [7, 11) is 0. The van der Waals surface area contributed by atoms with Crippen molar-refractivity contribution in [3.8, 4) is 0 Å². The Hall–Kier alpha value is -1.84. The van der Waals surface area contributed by atoms with Crippen LogP contribution in [0.2, 0.25) is 0 Å². The molecule has 0 spiro atoms. The lowest BCUT2D eigenvalue weighted by atomic mass is 9.62. The molecule has 1 fully saturated rings. The van der Waals surface area contributed by atoms with Gasteiger partial charge in [0.05, 0.1) is 5.92 Å². The first-order valence-electron chi connectivity index (χ1n) is 9.22. The van der Waals surface area contributed by atoms with Gasteiger partial charge in [0.25, 0.3) is 6.04 Å². The number of nitrogens with zero attached hydrogens (tertiary/aromatic N) is 2. The molecule has 3 rings (SSSR count). The van der Waals surface area contributed by atoms with Crippen molar-refractivity contribution in [1.29, 1.82) is 0 Å². The third-order valence-electron chi connectivity index (χ3n) is 5.82. The number of halogens is 2. The Morgan fingerprint density at radius 1 is 0.828 bits per heavy atom. The first-order valence-corrected chi connectivity index (χ1v) is 10.8. The summed E-state index contributed by atoms with van der Waals surface area (Å²) in [5, 5.41) is 35.2. The van der Waals surface area contributed by atoms with Gasteiger partial charge in [-0.25, -0.2) is 0 Å². The Kier molecular flexibility index (Phi) is 6.70. The van der Waals surface area contributed by atoms with Crippen LogP contribution < -0.4 is 0 Å². The Morgan fingerprint density at radius 3 is 1.62 bits per heavy atom. The van der Waals surface area contributed by atoms with E-state index in [0.29, 0.717) is 17.5 Å². The molecule has 1 saturated carbocycles. The molecule has 0 radical (unpaired) electrons. The van der Waals surface area contributed by atoms with Gasteiger partial charge in [-0.15, -0.1) is 0 Å². The van der Waals surface area contributed by atoms with Gasteiger partial charge in [-0.3, -0.25) is 20.2 Å². The van der Waals surface area contributed by atoms with Gasteiger partial charge in [0.2, 0.25) is 6.04 Å². The number of benzene rings is 2. The number of aliphatic hydroxyl groups excluding tert-OH is 1. The van der Waals surface area contributed by atoms with Crippen molar-refractivity contribution in [3.05, 3.63) is 88.8 Å². The number of nitro groups is 2. The highest BCUT2D eigenvalue weighted by atomic mass is 79.9. The first-order chi connectivity index (χ1) is 13.8. The van der Waals surface area contributed by atoms with Crippen molar-refractivity contribution in [1.82, 2.24) is 0 Å². The summed E-state index contributed by atoms with van der Waals surface area (Å²) in [5.41, 5.74) is 1.18. The Morgan fingerprint density at radius 2 is 1.24 bits per heavy atom. The van der Waals surface area contributed by atoms with Gasteiger partial charge < -0.3 is 5.11 Å². The van der Waals surface area contributed by atoms with E-state index >= 15 is 0 Å². The van der Waals surface area contributed by atoms with Gasteiger partial charge in [0, 0.05) is 24.7 Å². The average Bonchev–Trinajstić information content (AvgIpc) is 2.67. The van der Waals surface area contributed by atoms with Crippen LogP contribution in [0, 0.1) is 26.1 Å². The minimum absolute atomic E-state index is 0.392. The van der Waals surface area contributed by atoms with Gasteiger partial charge in [-0.1, -0.05) is 63.0 Å². The van der Waals surface area contributed by atoms with Gasteiger partial charge >= 0.3 is 0 Å². The van der Waals surface area contributed by atoms with Crippen molar-refractivity contribution in [2.24, 2.45) is 5.92 Å². The lowest BCUT2D eigenvalue weighted by Gasteiger charge is -2.42. The van der Waals surface area contributed by atoms with E-state index in [-0.39, 0.29) is 0 Å². The van der Waals surface area contributed by atoms with E-state index in [9.17, 15) is 25.3 Å². The Balaban J connectivity index is 2.21. The highest BCUT2D eigenvalue weighted by Crippen LogP contribution is 2.48. The molecule has 1 aliphatic carbocycles. The van der Waals surface area contributed by atoms with Crippen LogP contribution in [0.5, 0.6) is 0 Å². The number of aliphatic hydroxyl groups is 1. The van der Waals surface area contributed by atoms with Gasteiger partial charge in [0.1, 0.15) is 12.0 Å². The largest absolute Gasteiger partial charge is 0.386 e. The lowest BCUT2D eigenvalue weighted by molar-refractivity contribution is -0.588. The second kappa shape index (κ2) is 8.89. The quantitative estimate of drug-likeness (QED) is 0.445. The Bertz CT molecular complexity index is 891. The molecule has 6 atom stereocenters. The Labute approximate surface area is 184 Å². The predicted octanol–water partition coefficient (Wildman–Crippen LogP) is 4.77. The van der Waals surface area contributed by atoms with E-state index in [1.165, 1.54) is 0 Å². The van der Waals surface area contributed by atoms with Crippen molar-refractivity contribution in [3.63, 3.8) is 0 Å². The van der Waals surface area contributed by atoms with Gasteiger partial charge in [-0.05, 0) is 41.8 Å². The molecule has 2 aromatic rings. The number of hydrogen-bond acceptors (Lipinski definition) is 5. The van der Waals surface area contributed by atoms with Crippen molar-refractivity contribution in [2.45, 2.75) is 43.4 Å². The van der Waals surface area contributed by atoms with Crippen molar-refractivity contribution in [2.75, 3.05) is 0 Å². The molecule has 0 unspecified atom stereocenters. The van der Waals surface area contributed by atoms with Crippen LogP contribution in [0.3, 0.4) is 0 Å². The molecule has 9 heteroatoms. The zero-order valence-electron chi connectivity index (χ0n) is 15.5.